The topological polar surface area (TPSA) is 61.6 Å². The zero-order valence-electron chi connectivity index (χ0n) is 10.5. The second-order valence-electron chi connectivity index (χ2n) is 3.82. The average Bonchev–Trinajstić information content (AvgIpc) is 2.80. The summed E-state index contributed by atoms with van der Waals surface area (Å²) in [4.78, 5) is 15.5. The van der Waals surface area contributed by atoms with Crippen molar-refractivity contribution in [3.8, 4) is 5.75 Å². The summed E-state index contributed by atoms with van der Waals surface area (Å²) in [5.41, 5.74) is 0.412. The molecule has 0 aliphatic rings. The van der Waals surface area contributed by atoms with Gasteiger partial charge in [0.05, 0.1) is 18.9 Å². The summed E-state index contributed by atoms with van der Waals surface area (Å²) in [7, 11) is 1.33. The number of hydrogen-bond acceptors (Lipinski definition) is 5. The van der Waals surface area contributed by atoms with Crippen LogP contribution in [0, 0.1) is 6.92 Å². The Kier molecular flexibility index (Phi) is 4.21. The van der Waals surface area contributed by atoms with Crippen molar-refractivity contribution in [2.24, 2.45) is 0 Å². The molecule has 0 aliphatic carbocycles. The summed E-state index contributed by atoms with van der Waals surface area (Å²) in [6, 6.07) is 5.02. The average molecular weight is 326 g/mol. The lowest BCUT2D eigenvalue weighted by molar-refractivity contribution is 0.0600. The molecule has 1 heterocycles. The molecule has 0 spiro atoms. The van der Waals surface area contributed by atoms with Crippen LogP contribution in [0.5, 0.6) is 5.75 Å². The maximum atomic E-state index is 11.5. The van der Waals surface area contributed by atoms with E-state index in [9.17, 15) is 4.79 Å². The third-order valence-electron chi connectivity index (χ3n) is 2.32. The van der Waals surface area contributed by atoms with E-state index in [0.717, 1.165) is 10.2 Å². The van der Waals surface area contributed by atoms with Gasteiger partial charge >= 0.3 is 5.97 Å². The largest absolute Gasteiger partial charge is 0.484 e. The van der Waals surface area contributed by atoms with E-state index < -0.39 is 5.97 Å². The molecular weight excluding hydrogens is 314 g/mol. The molecule has 2 rings (SSSR count). The van der Waals surface area contributed by atoms with Gasteiger partial charge in [-0.05, 0) is 25.1 Å². The lowest BCUT2D eigenvalue weighted by Crippen LogP contribution is -2.02. The Morgan fingerprint density at radius 1 is 1.42 bits per heavy atom. The zero-order chi connectivity index (χ0) is 13.8. The van der Waals surface area contributed by atoms with Gasteiger partial charge in [0.2, 0.25) is 5.89 Å². The maximum Gasteiger partial charge on any atom is 0.338 e. The van der Waals surface area contributed by atoms with Gasteiger partial charge in [-0.15, -0.1) is 0 Å². The Labute approximate surface area is 118 Å². The molecule has 0 unspecified atom stereocenters. The Bertz CT molecular complexity index is 594. The third kappa shape index (κ3) is 3.57. The molecule has 0 saturated heterocycles. The van der Waals surface area contributed by atoms with Crippen LogP contribution < -0.4 is 4.74 Å². The molecule has 100 valence electrons. The second kappa shape index (κ2) is 5.88. The van der Waals surface area contributed by atoms with Crippen molar-refractivity contribution in [3.05, 3.63) is 46.1 Å². The predicted octanol–water partition coefficient (Wildman–Crippen LogP) is 3.11. The molecule has 0 amide bonds. The minimum Gasteiger partial charge on any atom is -0.484 e. The van der Waals surface area contributed by atoms with E-state index >= 15 is 0 Å². The molecular formula is C13H12BrNO4. The number of methoxy groups -OCH3 is 1. The highest BCUT2D eigenvalue weighted by Crippen LogP contribution is 2.23. The first-order chi connectivity index (χ1) is 9.08. The minimum absolute atomic E-state index is 0.199. The maximum absolute atomic E-state index is 11.5. The number of aromatic nitrogens is 1. The van der Waals surface area contributed by atoms with Crippen LogP contribution in [0.4, 0.5) is 0 Å². The molecule has 19 heavy (non-hydrogen) atoms. The van der Waals surface area contributed by atoms with Crippen molar-refractivity contribution in [1.29, 1.82) is 0 Å². The number of aryl methyl sites for hydroxylation is 1. The molecule has 2 aromatic rings. The molecule has 0 aliphatic heterocycles. The summed E-state index contributed by atoms with van der Waals surface area (Å²) < 4.78 is 16.2. The number of carbonyl (C=O) groups is 1. The van der Waals surface area contributed by atoms with E-state index in [-0.39, 0.29) is 6.61 Å². The van der Waals surface area contributed by atoms with Crippen molar-refractivity contribution < 1.29 is 18.7 Å². The van der Waals surface area contributed by atoms with E-state index in [1.807, 2.05) is 6.92 Å². The van der Waals surface area contributed by atoms with Gasteiger partial charge in [-0.25, -0.2) is 9.78 Å². The first-order valence-electron chi connectivity index (χ1n) is 5.51. The number of rotatable bonds is 4. The van der Waals surface area contributed by atoms with Crippen LogP contribution in [0.15, 0.2) is 33.3 Å². The number of hydrogen-bond donors (Lipinski definition) is 0. The standard InChI is InChI=1S/C13H12BrNO4/c1-8-6-15-12(19-8)7-18-11-4-9(13(16)17-2)3-10(14)5-11/h3-6H,7H2,1-2H3. The third-order valence-corrected chi connectivity index (χ3v) is 2.78. The summed E-state index contributed by atoms with van der Waals surface area (Å²) in [6.07, 6.45) is 1.62. The molecule has 5 nitrogen and oxygen atoms in total. The Balaban J connectivity index is 2.11. The SMILES string of the molecule is COC(=O)c1cc(Br)cc(OCc2ncc(C)o2)c1. The molecule has 0 radical (unpaired) electrons. The Morgan fingerprint density at radius 3 is 2.84 bits per heavy atom. The highest BCUT2D eigenvalue weighted by molar-refractivity contribution is 9.10. The number of esters is 1. The van der Waals surface area contributed by atoms with Crippen molar-refractivity contribution in [1.82, 2.24) is 4.98 Å². The normalized spacial score (nSPS) is 10.3. The highest BCUT2D eigenvalue weighted by atomic mass is 79.9. The number of carbonyl (C=O) groups excluding carboxylic acids is 1. The van der Waals surface area contributed by atoms with E-state index in [1.54, 1.807) is 24.4 Å². The van der Waals surface area contributed by atoms with Gasteiger partial charge in [-0.1, -0.05) is 15.9 Å². The first kappa shape index (κ1) is 13.6. The van der Waals surface area contributed by atoms with E-state index in [1.165, 1.54) is 7.11 Å². The van der Waals surface area contributed by atoms with Gasteiger partial charge in [0.25, 0.3) is 0 Å². The molecule has 0 fully saturated rings. The van der Waals surface area contributed by atoms with Gasteiger partial charge in [0, 0.05) is 4.47 Å². The van der Waals surface area contributed by atoms with Crippen LogP contribution in [0.1, 0.15) is 22.0 Å². The lowest BCUT2D eigenvalue weighted by atomic mass is 10.2. The zero-order valence-corrected chi connectivity index (χ0v) is 12.1. The van der Waals surface area contributed by atoms with Gasteiger partial charge in [-0.2, -0.15) is 0 Å². The predicted molar refractivity (Wildman–Crippen MR) is 71.1 cm³/mol. The van der Waals surface area contributed by atoms with E-state index in [4.69, 9.17) is 9.15 Å². The van der Waals surface area contributed by atoms with Gasteiger partial charge in [0.1, 0.15) is 11.5 Å². The summed E-state index contributed by atoms with van der Waals surface area (Å²) in [5, 5.41) is 0. The van der Waals surface area contributed by atoms with Gasteiger partial charge in [0.15, 0.2) is 6.61 Å². The highest BCUT2D eigenvalue weighted by Gasteiger charge is 2.09. The van der Waals surface area contributed by atoms with Crippen molar-refractivity contribution >= 4 is 21.9 Å². The van der Waals surface area contributed by atoms with Crippen LogP contribution in [0.25, 0.3) is 0 Å². The van der Waals surface area contributed by atoms with Crippen molar-refractivity contribution in [3.63, 3.8) is 0 Å². The first-order valence-corrected chi connectivity index (χ1v) is 6.31. The fourth-order valence-electron chi connectivity index (χ4n) is 1.49. The van der Waals surface area contributed by atoms with Gasteiger partial charge in [-0.3, -0.25) is 0 Å². The number of oxazole rings is 1. The number of nitrogens with zero attached hydrogens (tertiary/aromatic N) is 1. The summed E-state index contributed by atoms with van der Waals surface area (Å²) >= 11 is 3.31. The lowest BCUT2D eigenvalue weighted by Gasteiger charge is -2.06. The molecule has 1 aromatic carbocycles. The molecule has 1 aromatic heterocycles. The fraction of sp³-hybridized carbons (Fsp3) is 0.231. The molecule has 0 bridgehead atoms. The van der Waals surface area contributed by atoms with Crippen LogP contribution in [0.3, 0.4) is 0 Å². The van der Waals surface area contributed by atoms with Gasteiger partial charge < -0.3 is 13.9 Å². The van der Waals surface area contributed by atoms with E-state index in [2.05, 4.69) is 25.7 Å². The van der Waals surface area contributed by atoms with Crippen LogP contribution in [-0.2, 0) is 11.3 Å². The van der Waals surface area contributed by atoms with Crippen molar-refractivity contribution in [2.75, 3.05) is 7.11 Å². The second-order valence-corrected chi connectivity index (χ2v) is 4.74. The smallest absolute Gasteiger partial charge is 0.338 e. The summed E-state index contributed by atoms with van der Waals surface area (Å²) in [6.45, 7) is 2.01. The van der Waals surface area contributed by atoms with E-state index in [0.29, 0.717) is 17.2 Å². The number of halogens is 1. The summed E-state index contributed by atoms with van der Waals surface area (Å²) in [5.74, 6) is 1.32. The van der Waals surface area contributed by atoms with Crippen molar-refractivity contribution in [2.45, 2.75) is 13.5 Å². The Hall–Kier alpha value is -1.82. The van der Waals surface area contributed by atoms with Crippen LogP contribution >= 0.6 is 15.9 Å². The number of ether oxygens (including phenoxy) is 2. The fourth-order valence-corrected chi connectivity index (χ4v) is 1.97. The monoisotopic (exact) mass is 325 g/mol. The number of benzene rings is 1. The quantitative estimate of drug-likeness (QED) is 0.808. The minimum atomic E-state index is -0.418. The molecule has 0 saturated carbocycles. The van der Waals surface area contributed by atoms with Crippen LogP contribution in [0.2, 0.25) is 0 Å². The molecule has 6 heteroatoms. The molecule has 0 N–H and O–H groups in total. The molecule has 0 atom stereocenters. The van der Waals surface area contributed by atoms with Crippen LogP contribution in [-0.4, -0.2) is 18.1 Å². The Morgan fingerprint density at radius 2 is 2.21 bits per heavy atom.